The molecule has 0 spiro atoms. The summed E-state index contributed by atoms with van der Waals surface area (Å²) in [6, 6.07) is 11.6. The first-order chi connectivity index (χ1) is 11.1. The molecule has 0 aliphatic rings. The smallest absolute Gasteiger partial charge is 0.168 e. The van der Waals surface area contributed by atoms with Crippen LogP contribution < -0.4 is 15.6 Å². The molecule has 2 N–H and O–H groups in total. The van der Waals surface area contributed by atoms with Gasteiger partial charge in [0.15, 0.2) is 11.6 Å². The average molecular weight is 320 g/mol. The van der Waals surface area contributed by atoms with Crippen LogP contribution in [-0.2, 0) is 6.54 Å². The monoisotopic (exact) mass is 320 g/mol. The first-order valence-electron chi connectivity index (χ1n) is 7.71. The Labute approximate surface area is 135 Å². The van der Waals surface area contributed by atoms with Gasteiger partial charge in [-0.3, -0.25) is 0 Å². The van der Waals surface area contributed by atoms with Crippen molar-refractivity contribution < 1.29 is 13.5 Å². The van der Waals surface area contributed by atoms with Crippen LogP contribution in [-0.4, -0.2) is 6.61 Å². The minimum atomic E-state index is -0.676. The summed E-state index contributed by atoms with van der Waals surface area (Å²) in [5.74, 6) is -0.727. The summed E-state index contributed by atoms with van der Waals surface area (Å²) in [5, 5.41) is 0. The van der Waals surface area contributed by atoms with Gasteiger partial charge in [-0.2, -0.15) is 0 Å². The van der Waals surface area contributed by atoms with Crippen LogP contribution in [0.1, 0.15) is 25.8 Å². The average Bonchev–Trinajstić information content (AvgIpc) is 2.50. The van der Waals surface area contributed by atoms with Crippen LogP contribution in [0.15, 0.2) is 42.5 Å². The zero-order valence-electron chi connectivity index (χ0n) is 13.4. The highest BCUT2D eigenvalue weighted by Crippen LogP contribution is 2.25. The van der Waals surface area contributed by atoms with Crippen LogP contribution in [0.3, 0.4) is 0 Å². The molecule has 0 aliphatic carbocycles. The van der Waals surface area contributed by atoms with Gasteiger partial charge in [-0.05, 0) is 30.5 Å². The summed E-state index contributed by atoms with van der Waals surface area (Å²) in [7, 11) is 0. The first-order valence-corrected chi connectivity index (χ1v) is 7.71. The number of nitrogens with one attached hydrogen (secondary N) is 2. The van der Waals surface area contributed by atoms with Crippen LogP contribution in [0.4, 0.5) is 14.5 Å². The van der Waals surface area contributed by atoms with E-state index in [1.807, 2.05) is 30.3 Å². The Morgan fingerprint density at radius 1 is 1.09 bits per heavy atom. The number of ether oxygens (including phenoxy) is 1. The number of hydrogen-bond acceptors (Lipinski definition) is 3. The Hall–Kier alpha value is -2.14. The topological polar surface area (TPSA) is 33.3 Å². The minimum absolute atomic E-state index is 0.106. The van der Waals surface area contributed by atoms with Crippen molar-refractivity contribution in [3.05, 3.63) is 59.7 Å². The molecular weight excluding hydrogens is 298 g/mol. The maximum absolute atomic E-state index is 14.0. The molecule has 2 aromatic rings. The molecule has 5 heteroatoms. The van der Waals surface area contributed by atoms with E-state index in [1.165, 1.54) is 6.07 Å². The Bertz CT molecular complexity index is 618. The highest BCUT2D eigenvalue weighted by Gasteiger charge is 2.13. The molecule has 0 aliphatic heterocycles. The van der Waals surface area contributed by atoms with Gasteiger partial charge in [-0.15, -0.1) is 0 Å². The SMILES string of the molecule is CC(C)CCOc1c(F)cc(F)cc1CNNc1ccccc1. The molecule has 3 nitrogen and oxygen atoms in total. The van der Waals surface area contributed by atoms with Gasteiger partial charge in [0.05, 0.1) is 6.61 Å². The van der Waals surface area contributed by atoms with E-state index in [9.17, 15) is 8.78 Å². The molecule has 0 unspecified atom stereocenters. The van der Waals surface area contributed by atoms with E-state index < -0.39 is 11.6 Å². The van der Waals surface area contributed by atoms with Crippen molar-refractivity contribution in [2.75, 3.05) is 12.0 Å². The second-order valence-electron chi connectivity index (χ2n) is 5.75. The summed E-state index contributed by atoms with van der Waals surface area (Å²) >= 11 is 0. The Morgan fingerprint density at radius 2 is 1.83 bits per heavy atom. The van der Waals surface area contributed by atoms with Crippen LogP contribution in [0, 0.1) is 17.6 Å². The number of halogens is 2. The number of hydrazine groups is 1. The molecule has 0 amide bonds. The van der Waals surface area contributed by atoms with Crippen molar-refractivity contribution in [3.63, 3.8) is 0 Å². The zero-order valence-corrected chi connectivity index (χ0v) is 13.4. The molecule has 23 heavy (non-hydrogen) atoms. The zero-order chi connectivity index (χ0) is 16.7. The van der Waals surface area contributed by atoms with E-state index in [-0.39, 0.29) is 12.3 Å². The number of hydrogen-bond donors (Lipinski definition) is 2. The summed E-state index contributed by atoms with van der Waals surface area (Å²) in [6.45, 7) is 4.77. The highest BCUT2D eigenvalue weighted by atomic mass is 19.1. The standard InChI is InChI=1S/C18H22F2N2O/c1-13(2)8-9-23-18-14(10-15(19)11-17(18)20)12-21-22-16-6-4-3-5-7-16/h3-7,10-11,13,21-22H,8-9,12H2,1-2H3. The van der Waals surface area contributed by atoms with E-state index in [0.717, 1.165) is 18.2 Å². The maximum atomic E-state index is 14.0. The largest absolute Gasteiger partial charge is 0.490 e. The lowest BCUT2D eigenvalue weighted by molar-refractivity contribution is 0.272. The van der Waals surface area contributed by atoms with Crippen LogP contribution in [0.25, 0.3) is 0 Å². The summed E-state index contributed by atoms with van der Waals surface area (Å²) < 4.78 is 33.0. The van der Waals surface area contributed by atoms with E-state index in [2.05, 4.69) is 24.7 Å². The van der Waals surface area contributed by atoms with Gasteiger partial charge in [0.2, 0.25) is 0 Å². The number of benzene rings is 2. The Balaban J connectivity index is 2.01. The van der Waals surface area contributed by atoms with Crippen LogP contribution >= 0.6 is 0 Å². The van der Waals surface area contributed by atoms with E-state index in [0.29, 0.717) is 18.1 Å². The maximum Gasteiger partial charge on any atom is 0.168 e. The summed E-state index contributed by atoms with van der Waals surface area (Å²) in [5.41, 5.74) is 7.24. The molecule has 2 rings (SSSR count). The number of rotatable bonds is 8. The molecule has 0 saturated carbocycles. The number of para-hydroxylation sites is 1. The predicted octanol–water partition coefficient (Wildman–Crippen LogP) is 4.51. The van der Waals surface area contributed by atoms with Crippen molar-refractivity contribution in [2.45, 2.75) is 26.8 Å². The van der Waals surface area contributed by atoms with Gasteiger partial charge in [0.1, 0.15) is 5.82 Å². The molecule has 0 heterocycles. The summed E-state index contributed by atoms with van der Waals surface area (Å²) in [4.78, 5) is 0. The normalized spacial score (nSPS) is 10.8. The van der Waals surface area contributed by atoms with Gasteiger partial charge in [-0.25, -0.2) is 14.2 Å². The summed E-state index contributed by atoms with van der Waals surface area (Å²) in [6.07, 6.45) is 0.811. The fourth-order valence-corrected chi connectivity index (χ4v) is 2.07. The molecule has 0 radical (unpaired) electrons. The lowest BCUT2D eigenvalue weighted by atomic mass is 10.1. The van der Waals surface area contributed by atoms with E-state index in [1.54, 1.807) is 0 Å². The fourth-order valence-electron chi connectivity index (χ4n) is 2.07. The van der Waals surface area contributed by atoms with E-state index in [4.69, 9.17) is 4.74 Å². The molecule has 0 aromatic heterocycles. The Kier molecular flexibility index (Phi) is 6.35. The Morgan fingerprint density at radius 3 is 2.52 bits per heavy atom. The highest BCUT2D eigenvalue weighted by molar-refractivity contribution is 5.42. The molecule has 124 valence electrons. The van der Waals surface area contributed by atoms with Gasteiger partial charge in [-0.1, -0.05) is 32.0 Å². The van der Waals surface area contributed by atoms with Crippen molar-refractivity contribution in [1.82, 2.24) is 5.43 Å². The van der Waals surface area contributed by atoms with Gasteiger partial charge >= 0.3 is 0 Å². The van der Waals surface area contributed by atoms with Crippen LogP contribution in [0.2, 0.25) is 0 Å². The second kappa shape index (κ2) is 8.48. The predicted molar refractivity (Wildman–Crippen MR) is 88.2 cm³/mol. The molecule has 2 aromatic carbocycles. The molecule has 0 fully saturated rings. The fraction of sp³-hybridized carbons (Fsp3) is 0.333. The van der Waals surface area contributed by atoms with Gasteiger partial charge < -0.3 is 10.2 Å². The lowest BCUT2D eigenvalue weighted by Gasteiger charge is -2.15. The molecule has 0 atom stereocenters. The van der Waals surface area contributed by atoms with Crippen molar-refractivity contribution in [1.29, 1.82) is 0 Å². The number of anilines is 1. The van der Waals surface area contributed by atoms with Crippen molar-refractivity contribution in [3.8, 4) is 5.75 Å². The third kappa shape index (κ3) is 5.53. The third-order valence-corrected chi connectivity index (χ3v) is 3.31. The molecule has 0 bridgehead atoms. The van der Waals surface area contributed by atoms with Crippen molar-refractivity contribution in [2.24, 2.45) is 5.92 Å². The molecule has 0 saturated heterocycles. The van der Waals surface area contributed by atoms with Crippen molar-refractivity contribution >= 4 is 5.69 Å². The quantitative estimate of drug-likeness (QED) is 0.702. The second-order valence-corrected chi connectivity index (χ2v) is 5.75. The van der Waals surface area contributed by atoms with E-state index >= 15 is 0 Å². The van der Waals surface area contributed by atoms with Gasteiger partial charge in [0, 0.05) is 23.9 Å². The molecular formula is C18H22F2N2O. The first kappa shape index (κ1) is 17.2. The third-order valence-electron chi connectivity index (χ3n) is 3.31. The lowest BCUT2D eigenvalue weighted by Crippen LogP contribution is -2.21. The minimum Gasteiger partial charge on any atom is -0.490 e. The van der Waals surface area contributed by atoms with Crippen LogP contribution in [0.5, 0.6) is 5.75 Å². The van der Waals surface area contributed by atoms with Gasteiger partial charge in [0.25, 0.3) is 0 Å².